The molecule has 0 spiro atoms. The van der Waals surface area contributed by atoms with Gasteiger partial charge in [-0.25, -0.2) is 0 Å². The first-order valence-electron chi connectivity index (χ1n) is 4.76. The van der Waals surface area contributed by atoms with Crippen molar-refractivity contribution in [2.75, 3.05) is 13.7 Å². The summed E-state index contributed by atoms with van der Waals surface area (Å²) in [6.45, 7) is 1.59. The summed E-state index contributed by atoms with van der Waals surface area (Å²) >= 11 is 0. The first kappa shape index (κ1) is 11.8. The van der Waals surface area contributed by atoms with Crippen LogP contribution in [-0.2, 0) is 0 Å². The molecule has 0 heterocycles. The molecule has 2 N–H and O–H groups in total. The summed E-state index contributed by atoms with van der Waals surface area (Å²) < 4.78 is 10.3. The van der Waals surface area contributed by atoms with Crippen LogP contribution in [0.5, 0.6) is 11.5 Å². The summed E-state index contributed by atoms with van der Waals surface area (Å²) in [4.78, 5) is 0. The van der Waals surface area contributed by atoms with E-state index in [1.54, 1.807) is 31.4 Å². The fraction of sp³-hybridized carbons (Fsp3) is 0.455. The molecule has 84 valence electrons. The molecule has 0 radical (unpaired) electrons. The standard InChI is InChI=1S/C11H16O4/c1-8(12)11(13)7-15-10-5-3-9(14-2)4-6-10/h3-6,8,11-13H,7H2,1-2H3/t8-,11?/m0/s1. The number of methoxy groups -OCH3 is 1. The lowest BCUT2D eigenvalue weighted by Crippen LogP contribution is -2.29. The maximum Gasteiger partial charge on any atom is 0.119 e. The van der Waals surface area contributed by atoms with E-state index in [0.717, 1.165) is 5.75 Å². The van der Waals surface area contributed by atoms with Crippen molar-refractivity contribution in [1.82, 2.24) is 0 Å². The molecule has 15 heavy (non-hydrogen) atoms. The van der Waals surface area contributed by atoms with Crippen molar-refractivity contribution in [2.45, 2.75) is 19.1 Å². The molecular formula is C11H16O4. The number of benzene rings is 1. The van der Waals surface area contributed by atoms with Crippen molar-refractivity contribution in [3.63, 3.8) is 0 Å². The third kappa shape index (κ3) is 3.77. The second-order valence-corrected chi connectivity index (χ2v) is 3.29. The predicted octanol–water partition coefficient (Wildman–Crippen LogP) is 0.816. The zero-order chi connectivity index (χ0) is 11.3. The third-order valence-electron chi connectivity index (χ3n) is 2.04. The summed E-state index contributed by atoms with van der Waals surface area (Å²) in [5.41, 5.74) is 0. The van der Waals surface area contributed by atoms with Gasteiger partial charge in [-0.2, -0.15) is 0 Å². The molecule has 0 aliphatic rings. The van der Waals surface area contributed by atoms with E-state index in [-0.39, 0.29) is 6.61 Å². The van der Waals surface area contributed by atoms with Crippen LogP contribution < -0.4 is 9.47 Å². The van der Waals surface area contributed by atoms with Gasteiger partial charge in [0.15, 0.2) is 0 Å². The average molecular weight is 212 g/mol. The number of hydrogen-bond donors (Lipinski definition) is 2. The molecule has 0 saturated carbocycles. The molecule has 0 bridgehead atoms. The smallest absolute Gasteiger partial charge is 0.119 e. The number of hydrogen-bond acceptors (Lipinski definition) is 4. The van der Waals surface area contributed by atoms with Crippen LogP contribution in [0.15, 0.2) is 24.3 Å². The Balaban J connectivity index is 2.44. The van der Waals surface area contributed by atoms with Gasteiger partial charge in [-0.15, -0.1) is 0 Å². The minimum Gasteiger partial charge on any atom is -0.497 e. The van der Waals surface area contributed by atoms with Gasteiger partial charge in [0, 0.05) is 0 Å². The topological polar surface area (TPSA) is 58.9 Å². The Kier molecular flexibility index (Phi) is 4.39. The quantitative estimate of drug-likeness (QED) is 0.758. The van der Waals surface area contributed by atoms with Gasteiger partial charge in [0.2, 0.25) is 0 Å². The van der Waals surface area contributed by atoms with Crippen LogP contribution in [0.1, 0.15) is 6.92 Å². The molecule has 0 aliphatic carbocycles. The second-order valence-electron chi connectivity index (χ2n) is 3.29. The Morgan fingerprint density at radius 2 is 1.67 bits per heavy atom. The third-order valence-corrected chi connectivity index (χ3v) is 2.04. The van der Waals surface area contributed by atoms with Gasteiger partial charge in [0.25, 0.3) is 0 Å². The van der Waals surface area contributed by atoms with Crippen LogP contribution >= 0.6 is 0 Å². The van der Waals surface area contributed by atoms with Gasteiger partial charge in [-0.1, -0.05) is 0 Å². The molecule has 1 aromatic carbocycles. The van der Waals surface area contributed by atoms with Gasteiger partial charge in [-0.3, -0.25) is 0 Å². The Hall–Kier alpha value is -1.26. The van der Waals surface area contributed by atoms with Gasteiger partial charge < -0.3 is 19.7 Å². The van der Waals surface area contributed by atoms with Crippen LogP contribution in [0.25, 0.3) is 0 Å². The van der Waals surface area contributed by atoms with Crippen LogP contribution in [0.2, 0.25) is 0 Å². The molecule has 0 fully saturated rings. The average Bonchev–Trinajstić information content (AvgIpc) is 2.26. The predicted molar refractivity (Wildman–Crippen MR) is 56.2 cm³/mol. The lowest BCUT2D eigenvalue weighted by molar-refractivity contribution is 0.00226. The second kappa shape index (κ2) is 5.58. The molecule has 1 unspecified atom stereocenters. The number of aliphatic hydroxyl groups excluding tert-OH is 2. The summed E-state index contributed by atoms with van der Waals surface area (Å²) in [7, 11) is 1.59. The van der Waals surface area contributed by atoms with E-state index in [1.165, 1.54) is 6.92 Å². The van der Waals surface area contributed by atoms with E-state index in [9.17, 15) is 5.11 Å². The van der Waals surface area contributed by atoms with E-state index in [0.29, 0.717) is 5.75 Å². The molecule has 1 aromatic rings. The van der Waals surface area contributed by atoms with Gasteiger partial charge >= 0.3 is 0 Å². The fourth-order valence-corrected chi connectivity index (χ4v) is 0.993. The summed E-state index contributed by atoms with van der Waals surface area (Å²) in [6.07, 6.45) is -1.66. The highest BCUT2D eigenvalue weighted by molar-refractivity contribution is 5.31. The molecule has 1 rings (SSSR count). The van der Waals surface area contributed by atoms with Gasteiger partial charge in [0.05, 0.1) is 13.2 Å². The van der Waals surface area contributed by atoms with E-state index in [1.807, 2.05) is 0 Å². The highest BCUT2D eigenvalue weighted by Crippen LogP contribution is 2.17. The fourth-order valence-electron chi connectivity index (χ4n) is 0.993. The highest BCUT2D eigenvalue weighted by Gasteiger charge is 2.11. The lowest BCUT2D eigenvalue weighted by atomic mass is 10.2. The van der Waals surface area contributed by atoms with E-state index in [4.69, 9.17) is 14.6 Å². The number of aliphatic hydroxyl groups is 2. The molecule has 0 saturated heterocycles. The van der Waals surface area contributed by atoms with Gasteiger partial charge in [-0.05, 0) is 31.2 Å². The summed E-state index contributed by atoms with van der Waals surface area (Å²) in [5, 5.41) is 18.3. The summed E-state index contributed by atoms with van der Waals surface area (Å²) in [6, 6.07) is 7.02. The number of rotatable bonds is 5. The molecule has 4 nitrogen and oxygen atoms in total. The van der Waals surface area contributed by atoms with Crippen molar-refractivity contribution in [3.05, 3.63) is 24.3 Å². The van der Waals surface area contributed by atoms with E-state index >= 15 is 0 Å². The van der Waals surface area contributed by atoms with Crippen molar-refractivity contribution < 1.29 is 19.7 Å². The van der Waals surface area contributed by atoms with Crippen LogP contribution in [0.3, 0.4) is 0 Å². The minimum absolute atomic E-state index is 0.0734. The first-order valence-corrected chi connectivity index (χ1v) is 4.76. The largest absolute Gasteiger partial charge is 0.497 e. The summed E-state index contributed by atoms with van der Waals surface area (Å²) in [5.74, 6) is 1.38. The van der Waals surface area contributed by atoms with Crippen LogP contribution in [-0.4, -0.2) is 36.1 Å². The first-order chi connectivity index (χ1) is 7.13. The van der Waals surface area contributed by atoms with Crippen molar-refractivity contribution in [1.29, 1.82) is 0 Å². The normalized spacial score (nSPS) is 14.4. The van der Waals surface area contributed by atoms with Crippen molar-refractivity contribution in [2.24, 2.45) is 0 Å². The molecule has 0 aromatic heterocycles. The van der Waals surface area contributed by atoms with Crippen molar-refractivity contribution in [3.8, 4) is 11.5 Å². The van der Waals surface area contributed by atoms with Crippen LogP contribution in [0.4, 0.5) is 0 Å². The van der Waals surface area contributed by atoms with Crippen molar-refractivity contribution >= 4 is 0 Å². The molecule has 2 atom stereocenters. The zero-order valence-corrected chi connectivity index (χ0v) is 8.88. The Bertz CT molecular complexity index is 281. The monoisotopic (exact) mass is 212 g/mol. The minimum atomic E-state index is -0.868. The maximum absolute atomic E-state index is 9.29. The SMILES string of the molecule is COc1ccc(OCC(O)[C@H](C)O)cc1. The zero-order valence-electron chi connectivity index (χ0n) is 8.88. The maximum atomic E-state index is 9.29. The Morgan fingerprint density at radius 1 is 1.13 bits per heavy atom. The van der Waals surface area contributed by atoms with E-state index < -0.39 is 12.2 Å². The highest BCUT2D eigenvalue weighted by atomic mass is 16.5. The van der Waals surface area contributed by atoms with E-state index in [2.05, 4.69) is 0 Å². The number of ether oxygens (including phenoxy) is 2. The van der Waals surface area contributed by atoms with Crippen LogP contribution in [0, 0.1) is 0 Å². The Morgan fingerprint density at radius 3 is 2.13 bits per heavy atom. The molecular weight excluding hydrogens is 196 g/mol. The molecule has 4 heteroatoms. The molecule has 0 amide bonds. The molecule has 0 aliphatic heterocycles. The lowest BCUT2D eigenvalue weighted by Gasteiger charge is -2.14. The van der Waals surface area contributed by atoms with Gasteiger partial charge in [0.1, 0.15) is 24.2 Å². The Labute approximate surface area is 89.1 Å².